The minimum Gasteiger partial charge on any atom is -0.233 e. The zero-order chi connectivity index (χ0) is 8.39. The number of hydrogen-bond acceptors (Lipinski definition) is 1. The molecule has 1 nitrogen and oxygen atoms in total. The van der Waals surface area contributed by atoms with Crippen LogP contribution in [0.3, 0.4) is 0 Å². The molecule has 0 aromatic carbocycles. The topological polar surface area (TPSA) is 17.1 Å². The Morgan fingerprint density at radius 2 is 2.17 bits per heavy atom. The number of allylic oxidation sites excluding steroid dienone is 3. The summed E-state index contributed by atoms with van der Waals surface area (Å²) in [6, 6.07) is 0. The van der Waals surface area contributed by atoms with Gasteiger partial charge in [0.2, 0.25) is 0 Å². The van der Waals surface area contributed by atoms with Crippen molar-refractivity contribution in [2.24, 2.45) is 11.8 Å². The van der Waals surface area contributed by atoms with Crippen molar-refractivity contribution in [3.63, 3.8) is 0 Å². The molecule has 2 aliphatic carbocycles. The maximum atomic E-state index is 10.6. The predicted octanol–water partition coefficient (Wildman–Crippen LogP) is 2.51. The van der Waals surface area contributed by atoms with E-state index in [1.54, 1.807) is 0 Å². The minimum atomic E-state index is 0.543. The first-order valence-corrected chi connectivity index (χ1v) is 4.83. The van der Waals surface area contributed by atoms with Crippen molar-refractivity contribution in [1.82, 2.24) is 0 Å². The van der Waals surface area contributed by atoms with E-state index in [1.165, 1.54) is 32.1 Å². The molecule has 0 radical (unpaired) electrons. The smallest absolute Gasteiger partial charge is 0.128 e. The van der Waals surface area contributed by atoms with Gasteiger partial charge in [-0.1, -0.05) is 25.0 Å². The zero-order valence-electron chi connectivity index (χ0n) is 7.25. The van der Waals surface area contributed by atoms with Gasteiger partial charge >= 0.3 is 0 Å². The highest BCUT2D eigenvalue weighted by atomic mass is 16.1. The molecule has 2 unspecified atom stereocenters. The van der Waals surface area contributed by atoms with E-state index in [0.717, 1.165) is 11.5 Å². The molecule has 0 aromatic heterocycles. The van der Waals surface area contributed by atoms with Crippen molar-refractivity contribution >= 4 is 5.94 Å². The van der Waals surface area contributed by atoms with E-state index < -0.39 is 0 Å². The molecule has 64 valence electrons. The van der Waals surface area contributed by atoms with E-state index in [0.29, 0.717) is 5.92 Å². The molecule has 0 spiro atoms. The maximum Gasteiger partial charge on any atom is 0.128 e. The van der Waals surface area contributed by atoms with Crippen molar-refractivity contribution in [3.05, 3.63) is 17.7 Å². The molecular formula is C11H14O. The van der Waals surface area contributed by atoms with Crippen LogP contribution in [0.5, 0.6) is 0 Å². The Labute approximate surface area is 73.2 Å². The summed E-state index contributed by atoms with van der Waals surface area (Å²) in [6.07, 6.45) is 10.4. The van der Waals surface area contributed by atoms with Crippen LogP contribution in [0.4, 0.5) is 0 Å². The van der Waals surface area contributed by atoms with Crippen LogP contribution < -0.4 is 0 Å². The lowest BCUT2D eigenvalue weighted by Gasteiger charge is -2.32. The molecule has 0 aliphatic heterocycles. The van der Waals surface area contributed by atoms with E-state index in [-0.39, 0.29) is 0 Å². The van der Waals surface area contributed by atoms with Gasteiger partial charge in [-0.05, 0) is 31.1 Å². The molecule has 0 aromatic rings. The lowest BCUT2D eigenvalue weighted by atomic mass is 9.71. The van der Waals surface area contributed by atoms with Crippen LogP contribution in [0.25, 0.3) is 0 Å². The second kappa shape index (κ2) is 3.28. The molecule has 0 N–H and O–H groups in total. The first kappa shape index (κ1) is 7.82. The lowest BCUT2D eigenvalue weighted by Crippen LogP contribution is -2.23. The molecule has 0 amide bonds. The van der Waals surface area contributed by atoms with Gasteiger partial charge in [-0.15, -0.1) is 0 Å². The molecule has 12 heavy (non-hydrogen) atoms. The zero-order valence-corrected chi connectivity index (χ0v) is 7.25. The molecular weight excluding hydrogens is 148 g/mol. The van der Waals surface area contributed by atoms with E-state index in [1.807, 2.05) is 6.08 Å². The highest BCUT2D eigenvalue weighted by Crippen LogP contribution is 2.39. The Kier molecular flexibility index (Phi) is 2.14. The van der Waals surface area contributed by atoms with Crippen LogP contribution in [0.1, 0.15) is 32.1 Å². The molecule has 2 rings (SSSR count). The molecule has 0 heterocycles. The van der Waals surface area contributed by atoms with E-state index in [4.69, 9.17) is 0 Å². The monoisotopic (exact) mass is 162 g/mol. The van der Waals surface area contributed by atoms with Crippen LogP contribution in [-0.4, -0.2) is 5.94 Å². The van der Waals surface area contributed by atoms with Gasteiger partial charge < -0.3 is 0 Å². The van der Waals surface area contributed by atoms with Gasteiger partial charge in [-0.3, -0.25) is 0 Å². The summed E-state index contributed by atoms with van der Waals surface area (Å²) in [6.45, 7) is 0. The van der Waals surface area contributed by atoms with Gasteiger partial charge in [0.25, 0.3) is 0 Å². The summed E-state index contributed by atoms with van der Waals surface area (Å²) >= 11 is 0. The summed E-state index contributed by atoms with van der Waals surface area (Å²) < 4.78 is 0. The molecule has 2 atom stereocenters. The van der Waals surface area contributed by atoms with E-state index in [9.17, 15) is 4.79 Å². The minimum absolute atomic E-state index is 0.543. The molecule has 1 heteroatoms. The van der Waals surface area contributed by atoms with Crippen LogP contribution in [0, 0.1) is 11.8 Å². The highest BCUT2D eigenvalue weighted by molar-refractivity contribution is 5.59. The first-order valence-electron chi connectivity index (χ1n) is 4.83. The summed E-state index contributed by atoms with van der Waals surface area (Å²) in [5.74, 6) is 3.38. The van der Waals surface area contributed by atoms with Crippen molar-refractivity contribution in [2.45, 2.75) is 32.1 Å². The predicted molar refractivity (Wildman–Crippen MR) is 48.4 cm³/mol. The summed E-state index contributed by atoms with van der Waals surface area (Å²) in [5, 5.41) is 0. The number of rotatable bonds is 0. The number of carbonyl (C=O) groups excluding carboxylic acids is 1. The average Bonchev–Trinajstić information content (AvgIpc) is 2.17. The number of hydrogen-bond donors (Lipinski definition) is 0. The van der Waals surface area contributed by atoms with Gasteiger partial charge in [-0.25, -0.2) is 4.79 Å². The van der Waals surface area contributed by atoms with Crippen molar-refractivity contribution in [2.75, 3.05) is 0 Å². The fourth-order valence-electron chi connectivity index (χ4n) is 2.50. The van der Waals surface area contributed by atoms with E-state index in [2.05, 4.69) is 12.0 Å². The van der Waals surface area contributed by atoms with Gasteiger partial charge in [-0.2, -0.15) is 0 Å². The summed E-state index contributed by atoms with van der Waals surface area (Å²) in [4.78, 5) is 10.6. The van der Waals surface area contributed by atoms with Crippen LogP contribution in [0.2, 0.25) is 0 Å². The SMILES string of the molecule is O=C=C1C=CCC2CCCCC12. The van der Waals surface area contributed by atoms with Gasteiger partial charge in [0.1, 0.15) is 5.94 Å². The Morgan fingerprint density at radius 3 is 3.00 bits per heavy atom. The van der Waals surface area contributed by atoms with Gasteiger partial charge in [0.15, 0.2) is 0 Å². The Hall–Kier alpha value is -0.810. The summed E-state index contributed by atoms with van der Waals surface area (Å²) in [5.41, 5.74) is 0.922. The third-order valence-corrected chi connectivity index (χ3v) is 3.16. The van der Waals surface area contributed by atoms with Gasteiger partial charge in [0.05, 0.1) is 0 Å². The van der Waals surface area contributed by atoms with Crippen LogP contribution in [-0.2, 0) is 4.79 Å². The fraction of sp³-hybridized carbons (Fsp3) is 0.636. The quantitative estimate of drug-likeness (QED) is 0.500. The average molecular weight is 162 g/mol. The molecule has 1 saturated carbocycles. The molecule has 2 aliphatic rings. The normalized spacial score (nSPS) is 34.2. The van der Waals surface area contributed by atoms with Crippen molar-refractivity contribution in [1.29, 1.82) is 0 Å². The second-order valence-electron chi connectivity index (χ2n) is 3.85. The number of fused-ring (bicyclic) bond motifs is 1. The van der Waals surface area contributed by atoms with Crippen molar-refractivity contribution < 1.29 is 4.79 Å². The first-order chi connectivity index (χ1) is 5.92. The van der Waals surface area contributed by atoms with Gasteiger partial charge in [0, 0.05) is 5.57 Å². The third-order valence-electron chi connectivity index (χ3n) is 3.16. The highest BCUT2D eigenvalue weighted by Gasteiger charge is 2.29. The second-order valence-corrected chi connectivity index (χ2v) is 3.85. The van der Waals surface area contributed by atoms with Crippen LogP contribution in [0.15, 0.2) is 17.7 Å². The van der Waals surface area contributed by atoms with E-state index >= 15 is 0 Å². The Morgan fingerprint density at radius 1 is 1.33 bits per heavy atom. The molecule has 0 saturated heterocycles. The van der Waals surface area contributed by atoms with Crippen molar-refractivity contribution in [3.8, 4) is 0 Å². The lowest BCUT2D eigenvalue weighted by molar-refractivity contribution is 0.272. The maximum absolute atomic E-state index is 10.6. The third kappa shape index (κ3) is 1.25. The molecule has 0 bridgehead atoms. The molecule has 1 fully saturated rings. The van der Waals surface area contributed by atoms with Crippen LogP contribution >= 0.6 is 0 Å². The summed E-state index contributed by atoms with van der Waals surface area (Å²) in [7, 11) is 0. The Bertz CT molecular complexity index is 246. The largest absolute Gasteiger partial charge is 0.233 e. The Balaban J connectivity index is 2.23. The standard InChI is InChI=1S/C11H14O/c12-8-10-6-3-5-9-4-1-2-7-11(9)10/h3,6,9,11H,1-2,4-5,7H2. The fourth-order valence-corrected chi connectivity index (χ4v) is 2.50.